The Balaban J connectivity index is 2.27. The van der Waals surface area contributed by atoms with Crippen LogP contribution < -0.4 is 11.5 Å². The molecule has 1 aromatic heterocycles. The van der Waals surface area contributed by atoms with E-state index in [0.717, 1.165) is 15.9 Å². The molecule has 2 aromatic rings. The molecular formula is C10H13N5S. The summed E-state index contributed by atoms with van der Waals surface area (Å²) in [5, 5.41) is 8.89. The SMILES string of the molecule is Cc1nnc(Sc2ccc(N)c(N)c2)n1C. The lowest BCUT2D eigenvalue weighted by Gasteiger charge is -2.04. The Morgan fingerprint density at radius 3 is 2.50 bits per heavy atom. The number of nitrogens with zero attached hydrogens (tertiary/aromatic N) is 3. The van der Waals surface area contributed by atoms with Crippen LogP contribution in [0.1, 0.15) is 5.82 Å². The van der Waals surface area contributed by atoms with Gasteiger partial charge in [0.05, 0.1) is 11.4 Å². The van der Waals surface area contributed by atoms with Crippen molar-refractivity contribution < 1.29 is 0 Å². The molecule has 0 saturated carbocycles. The number of aryl methyl sites for hydroxylation is 1. The number of hydrogen-bond acceptors (Lipinski definition) is 5. The minimum absolute atomic E-state index is 0.587. The smallest absolute Gasteiger partial charge is 0.195 e. The van der Waals surface area contributed by atoms with Gasteiger partial charge in [0, 0.05) is 11.9 Å². The zero-order valence-electron chi connectivity index (χ0n) is 9.14. The van der Waals surface area contributed by atoms with Gasteiger partial charge in [0.2, 0.25) is 0 Å². The molecule has 1 heterocycles. The molecule has 0 spiro atoms. The van der Waals surface area contributed by atoms with Crippen molar-refractivity contribution >= 4 is 23.1 Å². The van der Waals surface area contributed by atoms with Crippen LogP contribution >= 0.6 is 11.8 Å². The largest absolute Gasteiger partial charge is 0.397 e. The van der Waals surface area contributed by atoms with Crippen LogP contribution in [0.5, 0.6) is 0 Å². The quantitative estimate of drug-likeness (QED) is 0.770. The summed E-state index contributed by atoms with van der Waals surface area (Å²) in [5.41, 5.74) is 12.6. The summed E-state index contributed by atoms with van der Waals surface area (Å²) >= 11 is 1.51. The van der Waals surface area contributed by atoms with Crippen LogP contribution in [0.15, 0.2) is 28.3 Å². The van der Waals surface area contributed by atoms with Crippen LogP contribution in [-0.4, -0.2) is 14.8 Å². The molecule has 0 saturated heterocycles. The van der Waals surface area contributed by atoms with E-state index < -0.39 is 0 Å². The second-order valence-electron chi connectivity index (χ2n) is 3.48. The van der Waals surface area contributed by atoms with Gasteiger partial charge in [0.25, 0.3) is 0 Å². The van der Waals surface area contributed by atoms with E-state index in [1.807, 2.05) is 30.7 Å². The highest BCUT2D eigenvalue weighted by Crippen LogP contribution is 2.29. The highest BCUT2D eigenvalue weighted by atomic mass is 32.2. The Morgan fingerprint density at radius 2 is 1.94 bits per heavy atom. The summed E-state index contributed by atoms with van der Waals surface area (Å²) < 4.78 is 1.93. The van der Waals surface area contributed by atoms with Crippen molar-refractivity contribution in [3.8, 4) is 0 Å². The summed E-state index contributed by atoms with van der Waals surface area (Å²) in [7, 11) is 1.93. The van der Waals surface area contributed by atoms with Gasteiger partial charge in [-0.15, -0.1) is 10.2 Å². The molecule has 1 aromatic carbocycles. The van der Waals surface area contributed by atoms with E-state index in [9.17, 15) is 0 Å². The maximum Gasteiger partial charge on any atom is 0.195 e. The van der Waals surface area contributed by atoms with Gasteiger partial charge >= 0.3 is 0 Å². The third kappa shape index (κ3) is 1.96. The van der Waals surface area contributed by atoms with Crippen molar-refractivity contribution in [1.82, 2.24) is 14.8 Å². The topological polar surface area (TPSA) is 82.8 Å². The molecule has 0 radical (unpaired) electrons. The molecule has 0 aliphatic heterocycles. The number of anilines is 2. The molecule has 84 valence electrons. The van der Waals surface area contributed by atoms with Gasteiger partial charge in [-0.3, -0.25) is 0 Å². The number of aromatic nitrogens is 3. The van der Waals surface area contributed by atoms with Gasteiger partial charge in [-0.25, -0.2) is 0 Å². The lowest BCUT2D eigenvalue weighted by molar-refractivity contribution is 0.765. The number of rotatable bonds is 2. The van der Waals surface area contributed by atoms with Crippen LogP contribution in [-0.2, 0) is 7.05 Å². The van der Waals surface area contributed by atoms with Crippen LogP contribution in [0.3, 0.4) is 0 Å². The second kappa shape index (κ2) is 4.05. The van der Waals surface area contributed by atoms with Gasteiger partial charge < -0.3 is 16.0 Å². The molecule has 0 atom stereocenters. The minimum atomic E-state index is 0.587. The van der Waals surface area contributed by atoms with E-state index in [1.54, 1.807) is 6.07 Å². The van der Waals surface area contributed by atoms with Crippen molar-refractivity contribution in [3.05, 3.63) is 24.0 Å². The van der Waals surface area contributed by atoms with Crippen molar-refractivity contribution in [1.29, 1.82) is 0 Å². The van der Waals surface area contributed by atoms with Gasteiger partial charge in [-0.2, -0.15) is 0 Å². The maximum absolute atomic E-state index is 5.74. The van der Waals surface area contributed by atoms with Crippen molar-refractivity contribution in [2.24, 2.45) is 7.05 Å². The molecule has 6 heteroatoms. The molecular weight excluding hydrogens is 222 g/mol. The van der Waals surface area contributed by atoms with Gasteiger partial charge in [0.1, 0.15) is 5.82 Å². The van der Waals surface area contributed by atoms with E-state index in [1.165, 1.54) is 11.8 Å². The fraction of sp³-hybridized carbons (Fsp3) is 0.200. The van der Waals surface area contributed by atoms with Crippen LogP contribution in [0.4, 0.5) is 11.4 Å². The zero-order chi connectivity index (χ0) is 11.7. The predicted molar refractivity (Wildman–Crippen MR) is 65.1 cm³/mol. The highest BCUT2D eigenvalue weighted by Gasteiger charge is 2.07. The summed E-state index contributed by atoms with van der Waals surface area (Å²) in [5.74, 6) is 0.880. The molecule has 4 N–H and O–H groups in total. The zero-order valence-corrected chi connectivity index (χ0v) is 9.95. The molecule has 16 heavy (non-hydrogen) atoms. The molecule has 2 rings (SSSR count). The average molecular weight is 235 g/mol. The Bertz CT molecular complexity index is 520. The Labute approximate surface area is 97.8 Å². The van der Waals surface area contributed by atoms with Crippen molar-refractivity contribution in [3.63, 3.8) is 0 Å². The van der Waals surface area contributed by atoms with E-state index >= 15 is 0 Å². The maximum atomic E-state index is 5.74. The molecule has 5 nitrogen and oxygen atoms in total. The summed E-state index contributed by atoms with van der Waals surface area (Å²) in [6, 6.07) is 5.55. The average Bonchev–Trinajstić information content (AvgIpc) is 2.55. The van der Waals surface area contributed by atoms with Gasteiger partial charge in [0.15, 0.2) is 5.16 Å². The van der Waals surface area contributed by atoms with E-state index in [0.29, 0.717) is 11.4 Å². The fourth-order valence-electron chi connectivity index (χ4n) is 1.20. The third-order valence-electron chi connectivity index (χ3n) is 2.32. The number of nitrogen functional groups attached to an aromatic ring is 2. The Kier molecular flexibility index (Phi) is 2.74. The molecule has 0 aliphatic rings. The van der Waals surface area contributed by atoms with Gasteiger partial charge in [-0.1, -0.05) is 0 Å². The van der Waals surface area contributed by atoms with E-state index in [4.69, 9.17) is 11.5 Å². The number of nitrogens with two attached hydrogens (primary N) is 2. The monoisotopic (exact) mass is 235 g/mol. The first-order chi connectivity index (χ1) is 7.58. The molecule has 0 bridgehead atoms. The van der Waals surface area contributed by atoms with E-state index in [-0.39, 0.29) is 0 Å². The number of benzene rings is 1. The molecule has 0 amide bonds. The third-order valence-corrected chi connectivity index (χ3v) is 3.35. The highest BCUT2D eigenvalue weighted by molar-refractivity contribution is 7.99. The predicted octanol–water partition coefficient (Wildman–Crippen LogP) is 1.44. The first-order valence-electron chi connectivity index (χ1n) is 4.77. The first-order valence-corrected chi connectivity index (χ1v) is 5.58. The van der Waals surface area contributed by atoms with Crippen LogP contribution in [0.25, 0.3) is 0 Å². The summed E-state index contributed by atoms with van der Waals surface area (Å²) in [6.07, 6.45) is 0. The van der Waals surface area contributed by atoms with Crippen molar-refractivity contribution in [2.75, 3.05) is 11.5 Å². The lowest BCUT2D eigenvalue weighted by atomic mass is 10.3. The summed E-state index contributed by atoms with van der Waals surface area (Å²) in [6.45, 7) is 1.91. The molecule has 0 aliphatic carbocycles. The van der Waals surface area contributed by atoms with E-state index in [2.05, 4.69) is 10.2 Å². The van der Waals surface area contributed by atoms with Crippen LogP contribution in [0, 0.1) is 6.92 Å². The van der Waals surface area contributed by atoms with Crippen LogP contribution in [0.2, 0.25) is 0 Å². The minimum Gasteiger partial charge on any atom is -0.397 e. The van der Waals surface area contributed by atoms with Crippen molar-refractivity contribution in [2.45, 2.75) is 17.0 Å². The molecule has 0 fully saturated rings. The molecule has 0 unspecified atom stereocenters. The lowest BCUT2D eigenvalue weighted by Crippen LogP contribution is -1.95. The standard InChI is InChI=1S/C10H13N5S/c1-6-13-14-10(15(6)2)16-7-3-4-8(11)9(12)5-7/h3-5H,11-12H2,1-2H3. The first kappa shape index (κ1) is 10.8. The van der Waals surface area contributed by atoms with Gasteiger partial charge in [-0.05, 0) is 36.9 Å². The fourth-order valence-corrected chi connectivity index (χ4v) is 2.08. The Hall–Kier alpha value is -1.69. The Morgan fingerprint density at radius 1 is 1.19 bits per heavy atom. The second-order valence-corrected chi connectivity index (χ2v) is 4.52. The normalized spacial score (nSPS) is 10.6. The summed E-state index contributed by atoms with van der Waals surface area (Å²) in [4.78, 5) is 1.00. The number of hydrogen-bond donors (Lipinski definition) is 2.